The zero-order valence-corrected chi connectivity index (χ0v) is 19.2. The molecule has 0 unspecified atom stereocenters. The minimum Gasteiger partial charge on any atom is -0.334 e. The lowest BCUT2D eigenvalue weighted by Gasteiger charge is -2.20. The van der Waals surface area contributed by atoms with Crippen molar-refractivity contribution < 1.29 is 9.32 Å². The van der Waals surface area contributed by atoms with Crippen molar-refractivity contribution in [1.29, 1.82) is 0 Å². The molecule has 0 bridgehead atoms. The molecule has 1 aromatic carbocycles. The van der Waals surface area contributed by atoms with Gasteiger partial charge in [0, 0.05) is 24.5 Å². The first-order valence-electron chi connectivity index (χ1n) is 10.3. The summed E-state index contributed by atoms with van der Waals surface area (Å²) in [4.78, 5) is 25.3. The molecule has 0 spiro atoms. The second-order valence-electron chi connectivity index (χ2n) is 8.43. The first kappa shape index (κ1) is 22.9. The molecule has 0 radical (unpaired) electrons. The number of nitrogens with one attached hydrogen (secondary N) is 2. The predicted octanol–water partition coefficient (Wildman–Crippen LogP) is 5.25. The van der Waals surface area contributed by atoms with E-state index in [0.29, 0.717) is 28.9 Å². The molecular weight excluding hydrogens is 404 g/mol. The van der Waals surface area contributed by atoms with Gasteiger partial charge in [-0.3, -0.25) is 15.3 Å². The predicted molar refractivity (Wildman–Crippen MR) is 126 cm³/mol. The molecule has 3 rings (SSSR count). The fraction of sp³-hybridized carbons (Fsp3) is 0.292. The summed E-state index contributed by atoms with van der Waals surface area (Å²) in [5.74, 6) is 1.31. The van der Waals surface area contributed by atoms with E-state index in [2.05, 4.69) is 51.5 Å². The Hall–Kier alpha value is -3.81. The third-order valence-electron chi connectivity index (χ3n) is 5.06. The van der Waals surface area contributed by atoms with Crippen molar-refractivity contribution in [3.8, 4) is 23.0 Å². The SMILES string of the molecule is CN=C(/C=C(\C)C(C)(C)C)NC(=O)Nc1ccc(-c2nc(-c3ncccc3C)no2)cc1. The van der Waals surface area contributed by atoms with Gasteiger partial charge in [0.1, 0.15) is 11.5 Å². The smallest absolute Gasteiger partial charge is 0.324 e. The van der Waals surface area contributed by atoms with Gasteiger partial charge >= 0.3 is 6.03 Å². The lowest BCUT2D eigenvalue weighted by Crippen LogP contribution is -2.33. The number of nitrogens with zero attached hydrogens (tertiary/aromatic N) is 4. The second-order valence-corrected chi connectivity index (χ2v) is 8.43. The van der Waals surface area contributed by atoms with E-state index in [9.17, 15) is 4.79 Å². The van der Waals surface area contributed by atoms with Crippen molar-refractivity contribution in [1.82, 2.24) is 20.4 Å². The standard InChI is InChI=1S/C24H28N6O2/c1-15-8-7-13-26-20(15)21-29-22(32-30-21)17-9-11-18(12-10-17)27-23(31)28-19(25-6)14-16(2)24(3,4)5/h7-14H,1-6H3,(H2,25,27,28,31)/b16-14+. The van der Waals surface area contributed by atoms with E-state index >= 15 is 0 Å². The molecule has 0 atom stereocenters. The maximum absolute atomic E-state index is 12.4. The van der Waals surface area contributed by atoms with Crippen LogP contribution in [0.5, 0.6) is 0 Å². The molecular formula is C24H28N6O2. The summed E-state index contributed by atoms with van der Waals surface area (Å²) in [6.07, 6.45) is 3.57. The number of amides is 2. The summed E-state index contributed by atoms with van der Waals surface area (Å²) < 4.78 is 5.39. The molecule has 2 heterocycles. The van der Waals surface area contributed by atoms with E-state index in [-0.39, 0.29) is 11.4 Å². The number of carbonyl (C=O) groups is 1. The quantitative estimate of drug-likeness (QED) is 0.433. The molecule has 8 heteroatoms. The summed E-state index contributed by atoms with van der Waals surface area (Å²) in [6.45, 7) is 10.3. The molecule has 0 fully saturated rings. The number of rotatable bonds is 4. The number of urea groups is 1. The monoisotopic (exact) mass is 432 g/mol. The van der Waals surface area contributed by atoms with Gasteiger partial charge in [0.25, 0.3) is 5.89 Å². The van der Waals surface area contributed by atoms with Crippen molar-refractivity contribution >= 4 is 17.6 Å². The summed E-state index contributed by atoms with van der Waals surface area (Å²) in [7, 11) is 1.64. The Bertz CT molecular complexity index is 1150. The first-order chi connectivity index (χ1) is 15.2. The zero-order chi connectivity index (χ0) is 23.3. The number of aromatic nitrogens is 3. The van der Waals surface area contributed by atoms with Gasteiger partial charge in [-0.05, 0) is 61.2 Å². The Labute approximate surface area is 187 Å². The molecule has 2 N–H and O–H groups in total. The van der Waals surface area contributed by atoms with Crippen molar-refractivity contribution in [2.75, 3.05) is 12.4 Å². The average molecular weight is 433 g/mol. The number of carbonyl (C=O) groups excluding carboxylic acids is 1. The molecule has 0 aliphatic heterocycles. The Kier molecular flexibility index (Phi) is 6.82. The van der Waals surface area contributed by atoms with Crippen LogP contribution in [0.2, 0.25) is 0 Å². The average Bonchev–Trinajstić information content (AvgIpc) is 3.23. The molecule has 32 heavy (non-hydrogen) atoms. The number of amidine groups is 1. The van der Waals surface area contributed by atoms with Crippen LogP contribution in [0.4, 0.5) is 10.5 Å². The largest absolute Gasteiger partial charge is 0.334 e. The Morgan fingerprint density at radius 3 is 2.50 bits per heavy atom. The number of anilines is 1. The number of allylic oxidation sites excluding steroid dienone is 1. The molecule has 0 saturated heterocycles. The molecule has 0 aliphatic rings. The number of benzene rings is 1. The van der Waals surface area contributed by atoms with Crippen LogP contribution in [0.3, 0.4) is 0 Å². The highest BCUT2D eigenvalue weighted by atomic mass is 16.5. The molecule has 2 aromatic heterocycles. The highest BCUT2D eigenvalue weighted by Gasteiger charge is 2.15. The molecule has 2 amide bonds. The van der Waals surface area contributed by atoms with Gasteiger partial charge in [-0.25, -0.2) is 4.79 Å². The van der Waals surface area contributed by atoms with E-state index in [0.717, 1.165) is 16.7 Å². The topological polar surface area (TPSA) is 105 Å². The first-order valence-corrected chi connectivity index (χ1v) is 10.3. The van der Waals surface area contributed by atoms with Gasteiger partial charge in [-0.15, -0.1) is 0 Å². The normalized spacial score (nSPS) is 12.6. The maximum Gasteiger partial charge on any atom is 0.324 e. The lowest BCUT2D eigenvalue weighted by molar-refractivity contribution is 0.256. The van der Waals surface area contributed by atoms with Crippen LogP contribution in [0.25, 0.3) is 23.0 Å². The van der Waals surface area contributed by atoms with Crippen molar-refractivity contribution in [3.63, 3.8) is 0 Å². The van der Waals surface area contributed by atoms with Crippen LogP contribution in [0.1, 0.15) is 33.3 Å². The summed E-state index contributed by atoms with van der Waals surface area (Å²) in [5.41, 5.74) is 4.12. The van der Waals surface area contributed by atoms with Crippen molar-refractivity contribution in [2.24, 2.45) is 10.4 Å². The number of hydrogen-bond donors (Lipinski definition) is 2. The third kappa shape index (κ3) is 5.66. The number of aliphatic imine (C=N–C) groups is 1. The van der Waals surface area contributed by atoms with Crippen LogP contribution in [0, 0.1) is 12.3 Å². The van der Waals surface area contributed by atoms with Crippen molar-refractivity contribution in [2.45, 2.75) is 34.6 Å². The van der Waals surface area contributed by atoms with E-state index in [1.807, 2.05) is 32.1 Å². The molecule has 0 aliphatic carbocycles. The van der Waals surface area contributed by atoms with Gasteiger partial charge in [-0.1, -0.05) is 37.6 Å². The zero-order valence-electron chi connectivity index (χ0n) is 19.2. The molecule has 0 saturated carbocycles. The van der Waals surface area contributed by atoms with E-state index in [1.165, 1.54) is 0 Å². The van der Waals surface area contributed by atoms with Crippen LogP contribution >= 0.6 is 0 Å². The summed E-state index contributed by atoms with van der Waals surface area (Å²) >= 11 is 0. The van der Waals surface area contributed by atoms with Gasteiger partial charge in [0.2, 0.25) is 5.82 Å². The summed E-state index contributed by atoms with van der Waals surface area (Å²) in [5, 5.41) is 9.60. The minimum atomic E-state index is -0.373. The fourth-order valence-electron chi connectivity index (χ4n) is 2.71. The highest BCUT2D eigenvalue weighted by Crippen LogP contribution is 2.25. The Balaban J connectivity index is 1.66. The van der Waals surface area contributed by atoms with Gasteiger partial charge in [0.15, 0.2) is 0 Å². The lowest BCUT2D eigenvalue weighted by atomic mass is 9.87. The van der Waals surface area contributed by atoms with Crippen LogP contribution < -0.4 is 10.6 Å². The summed E-state index contributed by atoms with van der Waals surface area (Å²) in [6, 6.07) is 10.6. The number of aryl methyl sites for hydroxylation is 1. The molecule has 166 valence electrons. The third-order valence-corrected chi connectivity index (χ3v) is 5.06. The highest BCUT2D eigenvalue weighted by molar-refractivity contribution is 6.08. The maximum atomic E-state index is 12.4. The fourth-order valence-corrected chi connectivity index (χ4v) is 2.71. The van der Waals surface area contributed by atoms with Crippen molar-refractivity contribution in [3.05, 3.63) is 59.8 Å². The van der Waals surface area contributed by atoms with E-state index in [1.54, 1.807) is 37.5 Å². The second kappa shape index (κ2) is 9.55. The van der Waals surface area contributed by atoms with Gasteiger partial charge in [-0.2, -0.15) is 4.98 Å². The number of pyridine rings is 1. The molecule has 8 nitrogen and oxygen atoms in total. The number of hydrogen-bond acceptors (Lipinski definition) is 6. The Morgan fingerprint density at radius 1 is 1.16 bits per heavy atom. The van der Waals surface area contributed by atoms with Gasteiger partial charge in [0.05, 0.1) is 0 Å². The Morgan fingerprint density at radius 2 is 1.88 bits per heavy atom. The minimum absolute atomic E-state index is 0.00614. The van der Waals surface area contributed by atoms with E-state index < -0.39 is 0 Å². The van der Waals surface area contributed by atoms with E-state index in [4.69, 9.17) is 4.52 Å². The van der Waals surface area contributed by atoms with Gasteiger partial charge < -0.3 is 9.84 Å². The molecule has 3 aromatic rings. The van der Waals surface area contributed by atoms with Crippen LogP contribution in [0.15, 0.2) is 63.8 Å². The van der Waals surface area contributed by atoms with Crippen LogP contribution in [-0.4, -0.2) is 34.0 Å². The van der Waals surface area contributed by atoms with Crippen LogP contribution in [-0.2, 0) is 0 Å².